The summed E-state index contributed by atoms with van der Waals surface area (Å²) in [5, 5.41) is 0.660. The molecule has 0 aliphatic heterocycles. The number of hydrogen-bond donors (Lipinski definition) is 1. The van der Waals surface area contributed by atoms with Crippen molar-refractivity contribution in [2.24, 2.45) is 0 Å². The highest BCUT2D eigenvalue weighted by molar-refractivity contribution is 5.97. The number of pyridine rings is 1. The molecule has 0 saturated carbocycles. The van der Waals surface area contributed by atoms with E-state index in [1.165, 1.54) is 18.7 Å². The van der Waals surface area contributed by atoms with E-state index in [1.54, 1.807) is 16.7 Å². The van der Waals surface area contributed by atoms with E-state index in [-0.39, 0.29) is 11.1 Å². The summed E-state index contributed by atoms with van der Waals surface area (Å²) in [5.74, 6) is -0.662. The number of carbonyl (C=O) groups excluding carboxylic acids is 1. The van der Waals surface area contributed by atoms with E-state index in [1.807, 2.05) is 30.3 Å². The molecule has 128 valence electrons. The molecule has 0 unspecified atom stereocenters. The molecule has 25 heavy (non-hydrogen) atoms. The van der Waals surface area contributed by atoms with E-state index in [9.17, 15) is 9.59 Å². The molecule has 0 atom stereocenters. The minimum Gasteiger partial charge on any atom is -0.465 e. The Morgan fingerprint density at radius 1 is 1.12 bits per heavy atom. The number of fused-ring (bicyclic) bond motifs is 1. The van der Waals surface area contributed by atoms with Crippen LogP contribution in [0.3, 0.4) is 0 Å². The number of nitrogens with zero attached hydrogens (tertiary/aromatic N) is 1. The van der Waals surface area contributed by atoms with E-state index in [4.69, 9.17) is 10.5 Å². The minimum absolute atomic E-state index is 0.0157. The molecule has 3 aromatic rings. The van der Waals surface area contributed by atoms with Crippen molar-refractivity contribution in [2.75, 3.05) is 12.8 Å². The summed E-state index contributed by atoms with van der Waals surface area (Å²) in [6.07, 6.45) is 0.956. The zero-order valence-electron chi connectivity index (χ0n) is 14.3. The Kier molecular flexibility index (Phi) is 4.57. The summed E-state index contributed by atoms with van der Waals surface area (Å²) in [5.41, 5.74) is 9.06. The largest absolute Gasteiger partial charge is 0.465 e. The Labute approximate surface area is 145 Å². The highest BCUT2D eigenvalue weighted by Crippen LogP contribution is 2.21. The predicted octanol–water partition coefficient (Wildman–Crippen LogP) is 2.98. The van der Waals surface area contributed by atoms with Crippen LogP contribution >= 0.6 is 0 Å². The van der Waals surface area contributed by atoms with Gasteiger partial charge in [0.1, 0.15) is 5.56 Å². The van der Waals surface area contributed by atoms with Crippen LogP contribution in [0.1, 0.15) is 28.4 Å². The molecule has 0 saturated heterocycles. The van der Waals surface area contributed by atoms with Crippen LogP contribution in [-0.2, 0) is 17.7 Å². The molecule has 1 heterocycles. The Morgan fingerprint density at radius 2 is 1.80 bits per heavy atom. The van der Waals surface area contributed by atoms with Crippen molar-refractivity contribution in [3.05, 3.63) is 75.6 Å². The number of carbonyl (C=O) groups is 1. The molecule has 1 aromatic heterocycles. The second-order valence-electron chi connectivity index (χ2n) is 5.89. The number of rotatable bonds is 4. The summed E-state index contributed by atoms with van der Waals surface area (Å²) in [6, 6.07) is 15.0. The molecule has 0 bridgehead atoms. The normalized spacial score (nSPS) is 10.8. The lowest BCUT2D eigenvalue weighted by Gasteiger charge is -2.14. The maximum absolute atomic E-state index is 12.8. The molecule has 2 N–H and O–H groups in total. The molecule has 0 amide bonds. The highest BCUT2D eigenvalue weighted by atomic mass is 16.5. The smallest absolute Gasteiger partial charge is 0.343 e. The molecular formula is C20H20N2O3. The Hall–Kier alpha value is -3.08. The quantitative estimate of drug-likeness (QED) is 0.587. The standard InChI is InChI=1S/C20H20N2O3/c1-3-13-7-9-14(10-8-13)12-22-18-6-4-5-17(21)15(18)11-16(19(22)23)20(24)25-2/h4-11H,3,12,21H2,1-2H3. The molecule has 3 rings (SSSR count). The first-order chi connectivity index (χ1) is 12.0. The van der Waals surface area contributed by atoms with E-state index in [0.717, 1.165) is 12.0 Å². The zero-order chi connectivity index (χ0) is 18.0. The molecule has 0 aliphatic rings. The van der Waals surface area contributed by atoms with Crippen LogP contribution < -0.4 is 11.3 Å². The maximum Gasteiger partial charge on any atom is 0.343 e. The lowest BCUT2D eigenvalue weighted by Crippen LogP contribution is -2.28. The van der Waals surface area contributed by atoms with E-state index in [2.05, 4.69) is 6.92 Å². The Bertz CT molecular complexity index is 988. The van der Waals surface area contributed by atoms with Crippen molar-refractivity contribution in [3.63, 3.8) is 0 Å². The minimum atomic E-state index is -0.662. The van der Waals surface area contributed by atoms with Gasteiger partial charge in [-0.3, -0.25) is 4.79 Å². The van der Waals surface area contributed by atoms with Crippen LogP contribution in [0.5, 0.6) is 0 Å². The van der Waals surface area contributed by atoms with Crippen LogP contribution in [0.25, 0.3) is 10.9 Å². The van der Waals surface area contributed by atoms with Crippen LogP contribution in [0, 0.1) is 0 Å². The second kappa shape index (κ2) is 6.81. The molecule has 2 aromatic carbocycles. The SMILES string of the molecule is CCc1ccc(Cn2c(=O)c(C(=O)OC)cc3c(N)cccc32)cc1. The van der Waals surface area contributed by atoms with Crippen LogP contribution in [0.15, 0.2) is 53.3 Å². The van der Waals surface area contributed by atoms with Gasteiger partial charge in [0.15, 0.2) is 0 Å². The Balaban J connectivity index is 2.20. The van der Waals surface area contributed by atoms with Gasteiger partial charge in [-0.2, -0.15) is 0 Å². The summed E-state index contributed by atoms with van der Waals surface area (Å²) in [6.45, 7) is 2.45. The van der Waals surface area contributed by atoms with Crippen molar-refractivity contribution in [3.8, 4) is 0 Å². The fourth-order valence-electron chi connectivity index (χ4n) is 2.90. The number of esters is 1. The van der Waals surface area contributed by atoms with Gasteiger partial charge in [-0.25, -0.2) is 4.79 Å². The number of hydrogen-bond acceptors (Lipinski definition) is 4. The average Bonchev–Trinajstić information content (AvgIpc) is 2.64. The summed E-state index contributed by atoms with van der Waals surface area (Å²) in [4.78, 5) is 24.8. The zero-order valence-corrected chi connectivity index (χ0v) is 14.3. The Morgan fingerprint density at radius 3 is 2.44 bits per heavy atom. The van der Waals surface area contributed by atoms with Gasteiger partial charge in [0, 0.05) is 11.1 Å². The van der Waals surface area contributed by atoms with Crippen molar-refractivity contribution in [2.45, 2.75) is 19.9 Å². The van der Waals surface area contributed by atoms with E-state index >= 15 is 0 Å². The number of aryl methyl sites for hydroxylation is 1. The monoisotopic (exact) mass is 336 g/mol. The van der Waals surface area contributed by atoms with Gasteiger partial charge < -0.3 is 15.0 Å². The van der Waals surface area contributed by atoms with Gasteiger partial charge in [0.2, 0.25) is 0 Å². The van der Waals surface area contributed by atoms with Gasteiger partial charge in [0.25, 0.3) is 5.56 Å². The summed E-state index contributed by atoms with van der Waals surface area (Å²) < 4.78 is 6.32. The number of nitrogens with two attached hydrogens (primary N) is 1. The first-order valence-corrected chi connectivity index (χ1v) is 8.13. The predicted molar refractivity (Wildman–Crippen MR) is 98.9 cm³/mol. The number of anilines is 1. The van der Waals surface area contributed by atoms with Gasteiger partial charge in [-0.1, -0.05) is 37.3 Å². The third-order valence-electron chi connectivity index (χ3n) is 4.35. The number of methoxy groups -OCH3 is 1. The van der Waals surface area contributed by atoms with Crippen molar-refractivity contribution in [1.29, 1.82) is 0 Å². The molecule has 0 spiro atoms. The number of benzene rings is 2. The third kappa shape index (κ3) is 3.13. The molecular weight excluding hydrogens is 316 g/mol. The van der Waals surface area contributed by atoms with Gasteiger partial charge in [-0.15, -0.1) is 0 Å². The molecule has 0 fully saturated rings. The van der Waals surface area contributed by atoms with Crippen molar-refractivity contribution >= 4 is 22.6 Å². The van der Waals surface area contributed by atoms with Gasteiger partial charge in [0.05, 0.1) is 19.2 Å². The maximum atomic E-state index is 12.8. The number of ether oxygens (including phenoxy) is 1. The van der Waals surface area contributed by atoms with Crippen LogP contribution in [0.4, 0.5) is 5.69 Å². The fraction of sp³-hybridized carbons (Fsp3) is 0.200. The summed E-state index contributed by atoms with van der Waals surface area (Å²) >= 11 is 0. The first kappa shape index (κ1) is 16.8. The number of aromatic nitrogens is 1. The van der Waals surface area contributed by atoms with Crippen molar-refractivity contribution in [1.82, 2.24) is 4.57 Å². The highest BCUT2D eigenvalue weighted by Gasteiger charge is 2.17. The fourth-order valence-corrected chi connectivity index (χ4v) is 2.90. The van der Waals surface area contributed by atoms with Gasteiger partial charge >= 0.3 is 5.97 Å². The second-order valence-corrected chi connectivity index (χ2v) is 5.89. The third-order valence-corrected chi connectivity index (χ3v) is 4.35. The molecule has 5 heteroatoms. The molecule has 0 radical (unpaired) electrons. The first-order valence-electron chi connectivity index (χ1n) is 8.13. The lowest BCUT2D eigenvalue weighted by molar-refractivity contribution is 0.0598. The molecule has 5 nitrogen and oxygen atoms in total. The van der Waals surface area contributed by atoms with Gasteiger partial charge in [-0.05, 0) is 35.7 Å². The van der Waals surface area contributed by atoms with E-state index in [0.29, 0.717) is 23.1 Å². The average molecular weight is 336 g/mol. The lowest BCUT2D eigenvalue weighted by atomic mass is 10.1. The number of nitrogen functional groups attached to an aromatic ring is 1. The summed E-state index contributed by atoms with van der Waals surface area (Å²) in [7, 11) is 1.26. The van der Waals surface area contributed by atoms with Crippen LogP contribution in [-0.4, -0.2) is 17.6 Å². The topological polar surface area (TPSA) is 74.3 Å². The van der Waals surface area contributed by atoms with E-state index < -0.39 is 5.97 Å². The van der Waals surface area contributed by atoms with Crippen LogP contribution in [0.2, 0.25) is 0 Å². The molecule has 0 aliphatic carbocycles. The van der Waals surface area contributed by atoms with Crippen molar-refractivity contribution < 1.29 is 9.53 Å².